The maximum atomic E-state index is 6.35. The number of aromatic nitrogens is 1. The lowest BCUT2D eigenvalue weighted by molar-refractivity contribution is 0.670. The minimum absolute atomic E-state index is 0.921. The van der Waals surface area contributed by atoms with E-state index in [1.54, 1.807) is 0 Å². The van der Waals surface area contributed by atoms with Crippen molar-refractivity contribution in [3.05, 3.63) is 176 Å². The van der Waals surface area contributed by atoms with Crippen LogP contribution in [0.2, 0.25) is 0 Å². The lowest BCUT2D eigenvalue weighted by Gasteiger charge is -2.14. The topological polar surface area (TPSA) is 18.1 Å². The SMILES string of the molecule is c1ccc(-n2c3ccccc3c3cc4c5ccc(-c6ccc(-c7cccc8c7oc7ccccc78)cc6)cc5c5ccccc5c4cc32)cc1. The van der Waals surface area contributed by atoms with Crippen LogP contribution >= 0.6 is 0 Å². The summed E-state index contributed by atoms with van der Waals surface area (Å²) in [6.07, 6.45) is 0. The van der Waals surface area contributed by atoms with Crippen molar-refractivity contribution < 1.29 is 4.42 Å². The molecule has 232 valence electrons. The summed E-state index contributed by atoms with van der Waals surface area (Å²) in [5.74, 6) is 0. The smallest absolute Gasteiger partial charge is 0.143 e. The molecule has 0 aliphatic heterocycles. The molecular formula is C48H29NO. The van der Waals surface area contributed by atoms with E-state index in [0.717, 1.165) is 33.1 Å². The first-order valence-corrected chi connectivity index (χ1v) is 17.2. The van der Waals surface area contributed by atoms with Crippen LogP contribution in [0.5, 0.6) is 0 Å². The molecule has 2 aromatic heterocycles. The van der Waals surface area contributed by atoms with E-state index in [1.807, 2.05) is 12.1 Å². The Hall–Kier alpha value is -6.64. The molecule has 9 aromatic carbocycles. The third-order valence-electron chi connectivity index (χ3n) is 10.6. The molecule has 0 saturated heterocycles. The number of para-hydroxylation sites is 4. The van der Waals surface area contributed by atoms with Gasteiger partial charge < -0.3 is 8.98 Å². The van der Waals surface area contributed by atoms with Crippen LogP contribution in [0.4, 0.5) is 0 Å². The molecule has 11 rings (SSSR count). The molecule has 2 heteroatoms. The maximum Gasteiger partial charge on any atom is 0.143 e. The first-order valence-electron chi connectivity index (χ1n) is 17.2. The largest absolute Gasteiger partial charge is 0.455 e. The number of fused-ring (bicyclic) bond motifs is 12. The highest BCUT2D eigenvalue weighted by Gasteiger charge is 2.17. The zero-order valence-corrected chi connectivity index (χ0v) is 27.1. The molecule has 0 fully saturated rings. The quantitative estimate of drug-likeness (QED) is 0.177. The van der Waals surface area contributed by atoms with Crippen LogP contribution in [-0.4, -0.2) is 4.57 Å². The molecule has 2 heterocycles. The van der Waals surface area contributed by atoms with Crippen molar-refractivity contribution in [1.82, 2.24) is 4.57 Å². The second-order valence-corrected chi connectivity index (χ2v) is 13.3. The summed E-state index contributed by atoms with van der Waals surface area (Å²) in [6.45, 7) is 0. The molecule has 0 atom stereocenters. The van der Waals surface area contributed by atoms with Gasteiger partial charge in [0.25, 0.3) is 0 Å². The first kappa shape index (κ1) is 27.3. The highest BCUT2D eigenvalue weighted by atomic mass is 16.3. The van der Waals surface area contributed by atoms with Gasteiger partial charge in [0, 0.05) is 32.8 Å². The Bertz CT molecular complexity index is 3130. The number of rotatable bonds is 3. The van der Waals surface area contributed by atoms with E-state index in [2.05, 4.69) is 168 Å². The monoisotopic (exact) mass is 635 g/mol. The summed E-state index contributed by atoms with van der Waals surface area (Å²) in [7, 11) is 0. The molecule has 0 spiro atoms. The third-order valence-corrected chi connectivity index (χ3v) is 10.6. The highest BCUT2D eigenvalue weighted by Crippen LogP contribution is 2.42. The van der Waals surface area contributed by atoms with E-state index < -0.39 is 0 Å². The lowest BCUT2D eigenvalue weighted by Crippen LogP contribution is -1.93. The fourth-order valence-electron chi connectivity index (χ4n) is 8.27. The van der Waals surface area contributed by atoms with Gasteiger partial charge in [0.1, 0.15) is 11.2 Å². The summed E-state index contributed by atoms with van der Waals surface area (Å²) >= 11 is 0. The molecule has 50 heavy (non-hydrogen) atoms. The van der Waals surface area contributed by atoms with Crippen LogP contribution in [0.25, 0.3) is 104 Å². The van der Waals surface area contributed by atoms with E-state index in [-0.39, 0.29) is 0 Å². The second-order valence-electron chi connectivity index (χ2n) is 13.3. The van der Waals surface area contributed by atoms with Crippen molar-refractivity contribution in [3.8, 4) is 27.9 Å². The van der Waals surface area contributed by atoms with Crippen molar-refractivity contribution in [1.29, 1.82) is 0 Å². The van der Waals surface area contributed by atoms with Gasteiger partial charge in [-0.1, -0.05) is 133 Å². The van der Waals surface area contributed by atoms with E-state index in [4.69, 9.17) is 4.42 Å². The summed E-state index contributed by atoms with van der Waals surface area (Å²) in [5, 5.41) is 12.5. The lowest BCUT2D eigenvalue weighted by atomic mass is 9.91. The minimum Gasteiger partial charge on any atom is -0.455 e. The van der Waals surface area contributed by atoms with Crippen molar-refractivity contribution in [2.75, 3.05) is 0 Å². The Kier molecular flexibility index (Phi) is 5.70. The Balaban J connectivity index is 1.10. The Morgan fingerprint density at radius 1 is 0.320 bits per heavy atom. The fourth-order valence-corrected chi connectivity index (χ4v) is 8.27. The summed E-state index contributed by atoms with van der Waals surface area (Å²) in [6, 6.07) is 63.8. The molecule has 0 radical (unpaired) electrons. The van der Waals surface area contributed by atoms with Gasteiger partial charge in [-0.05, 0) is 91.5 Å². The molecule has 0 aliphatic carbocycles. The van der Waals surface area contributed by atoms with Crippen LogP contribution in [0.15, 0.2) is 180 Å². The van der Waals surface area contributed by atoms with Crippen LogP contribution in [-0.2, 0) is 0 Å². The second kappa shape index (κ2) is 10.4. The highest BCUT2D eigenvalue weighted by molar-refractivity contribution is 6.29. The third kappa shape index (κ3) is 3.90. The molecular weight excluding hydrogens is 607 g/mol. The number of furan rings is 1. The predicted octanol–water partition coefficient (Wildman–Crippen LogP) is 13.5. The fraction of sp³-hybridized carbons (Fsp3) is 0. The van der Waals surface area contributed by atoms with Gasteiger partial charge in [0.15, 0.2) is 0 Å². The van der Waals surface area contributed by atoms with Crippen LogP contribution in [0.3, 0.4) is 0 Å². The molecule has 11 aromatic rings. The van der Waals surface area contributed by atoms with Crippen LogP contribution in [0.1, 0.15) is 0 Å². The average molecular weight is 636 g/mol. The predicted molar refractivity (Wildman–Crippen MR) is 211 cm³/mol. The van der Waals surface area contributed by atoms with Crippen molar-refractivity contribution in [3.63, 3.8) is 0 Å². The summed E-state index contributed by atoms with van der Waals surface area (Å²) in [4.78, 5) is 0. The van der Waals surface area contributed by atoms with E-state index in [0.29, 0.717) is 0 Å². The Morgan fingerprint density at radius 2 is 0.920 bits per heavy atom. The van der Waals surface area contributed by atoms with Crippen LogP contribution in [0, 0.1) is 0 Å². The molecule has 0 saturated carbocycles. The van der Waals surface area contributed by atoms with Gasteiger partial charge in [-0.15, -0.1) is 0 Å². The summed E-state index contributed by atoms with van der Waals surface area (Å²) in [5.41, 5.74) is 10.1. The van der Waals surface area contributed by atoms with Crippen LogP contribution < -0.4 is 0 Å². The summed E-state index contributed by atoms with van der Waals surface area (Å²) < 4.78 is 8.76. The normalized spacial score (nSPS) is 12.0. The molecule has 0 amide bonds. The number of hydrogen-bond donors (Lipinski definition) is 0. The Morgan fingerprint density at radius 3 is 1.74 bits per heavy atom. The van der Waals surface area contributed by atoms with E-state index in [9.17, 15) is 0 Å². The zero-order valence-electron chi connectivity index (χ0n) is 27.1. The average Bonchev–Trinajstić information content (AvgIpc) is 3.73. The van der Waals surface area contributed by atoms with Gasteiger partial charge in [-0.2, -0.15) is 0 Å². The van der Waals surface area contributed by atoms with Crippen molar-refractivity contribution in [2.45, 2.75) is 0 Å². The number of benzene rings is 9. The minimum atomic E-state index is 0.921. The van der Waals surface area contributed by atoms with Gasteiger partial charge >= 0.3 is 0 Å². The Labute approximate surface area is 288 Å². The molecule has 0 bridgehead atoms. The van der Waals surface area contributed by atoms with Gasteiger partial charge in [0.05, 0.1) is 11.0 Å². The maximum absolute atomic E-state index is 6.35. The van der Waals surface area contributed by atoms with Crippen molar-refractivity contribution in [2.24, 2.45) is 0 Å². The molecule has 0 aliphatic rings. The molecule has 0 N–H and O–H groups in total. The van der Waals surface area contributed by atoms with E-state index >= 15 is 0 Å². The van der Waals surface area contributed by atoms with E-state index in [1.165, 1.54) is 70.9 Å². The van der Waals surface area contributed by atoms with Gasteiger partial charge in [-0.3, -0.25) is 0 Å². The molecule has 0 unspecified atom stereocenters. The zero-order chi connectivity index (χ0) is 32.8. The van der Waals surface area contributed by atoms with Crippen molar-refractivity contribution >= 4 is 76.1 Å². The van der Waals surface area contributed by atoms with Gasteiger partial charge in [-0.25, -0.2) is 0 Å². The first-order chi connectivity index (χ1) is 24.8. The standard InChI is InChI=1S/C48H29NO/c1-2-11-33(12-3-1)49-45-19-8-6-15-38(45)44-28-42-37-26-25-32(27-41(37)35-13-4-5-14-36(35)43(42)29-46(44)49)30-21-23-31(24-22-30)34-17-10-18-40-39-16-7-9-20-47(39)50-48(34)40/h1-29H. The van der Waals surface area contributed by atoms with Gasteiger partial charge in [0.2, 0.25) is 0 Å². The number of nitrogens with zero attached hydrogens (tertiary/aromatic N) is 1. The molecule has 2 nitrogen and oxygen atoms in total. The number of hydrogen-bond acceptors (Lipinski definition) is 1.